The van der Waals surface area contributed by atoms with Crippen molar-refractivity contribution in [1.82, 2.24) is 18.6 Å². The first kappa shape index (κ1) is 15.2. The third-order valence-electron chi connectivity index (χ3n) is 3.65. The van der Waals surface area contributed by atoms with Crippen LogP contribution in [0.3, 0.4) is 0 Å². The molecule has 2 aromatic rings. The molecule has 10 heteroatoms. The quantitative estimate of drug-likeness (QED) is 0.864. The number of fused-ring (bicyclic) bond motifs is 1. The first-order valence-corrected chi connectivity index (χ1v) is 8.98. The molecule has 1 aliphatic rings. The van der Waals surface area contributed by atoms with E-state index >= 15 is 0 Å². The molecule has 3 heterocycles. The Bertz CT molecular complexity index is 770. The second kappa shape index (κ2) is 5.18. The number of nitrogens with zero attached hydrogens (tertiary/aromatic N) is 4. The number of hydrogen-bond donors (Lipinski definition) is 1. The molecule has 21 heavy (non-hydrogen) atoms. The lowest BCUT2D eigenvalue weighted by molar-refractivity contribution is 0.113. The van der Waals surface area contributed by atoms with Crippen molar-refractivity contribution in [2.45, 2.75) is 17.2 Å². The minimum Gasteiger partial charge on any atom is -0.390 e. The summed E-state index contributed by atoms with van der Waals surface area (Å²) in [6, 6.07) is -0.232. The molecule has 3 rings (SSSR count). The molecule has 1 saturated heterocycles. The van der Waals surface area contributed by atoms with Crippen LogP contribution in [0.2, 0.25) is 5.15 Å². The van der Waals surface area contributed by atoms with Crippen LogP contribution in [-0.4, -0.2) is 71.4 Å². The van der Waals surface area contributed by atoms with E-state index < -0.39 is 16.1 Å². The van der Waals surface area contributed by atoms with Crippen molar-refractivity contribution in [2.75, 3.05) is 27.2 Å². The van der Waals surface area contributed by atoms with Crippen LogP contribution >= 0.6 is 22.9 Å². The Kier molecular flexibility index (Phi) is 3.75. The highest BCUT2D eigenvalue weighted by molar-refractivity contribution is 7.89. The largest absolute Gasteiger partial charge is 0.390 e. The Morgan fingerprint density at radius 1 is 1.48 bits per heavy atom. The van der Waals surface area contributed by atoms with E-state index in [1.807, 2.05) is 19.0 Å². The first-order valence-electron chi connectivity index (χ1n) is 6.28. The van der Waals surface area contributed by atoms with E-state index in [1.54, 1.807) is 11.6 Å². The van der Waals surface area contributed by atoms with Gasteiger partial charge in [0, 0.05) is 24.7 Å². The average Bonchev–Trinajstić information content (AvgIpc) is 3.02. The Labute approximate surface area is 131 Å². The van der Waals surface area contributed by atoms with Crippen LogP contribution in [-0.2, 0) is 10.0 Å². The van der Waals surface area contributed by atoms with Gasteiger partial charge in [0.15, 0.2) is 15.1 Å². The fourth-order valence-electron chi connectivity index (χ4n) is 2.53. The van der Waals surface area contributed by atoms with Gasteiger partial charge in [-0.1, -0.05) is 11.6 Å². The standard InChI is InChI=1S/C11H15ClN4O3S2/c1-14(2)7-5-15(6-8(7)17)21(18,19)10-9(12)13-11-16(10)3-4-20-11/h3-4,7-8,17H,5-6H2,1-2H3/t7-,8-/m0/s1. The SMILES string of the molecule is CN(C)[C@H]1CN(S(=O)(=O)c2c(Cl)nc3sccn23)C[C@@H]1O. The summed E-state index contributed by atoms with van der Waals surface area (Å²) in [5.74, 6) is 0. The van der Waals surface area contributed by atoms with Crippen molar-refractivity contribution in [1.29, 1.82) is 0 Å². The molecule has 0 unspecified atom stereocenters. The van der Waals surface area contributed by atoms with Crippen molar-refractivity contribution in [2.24, 2.45) is 0 Å². The van der Waals surface area contributed by atoms with E-state index in [1.165, 1.54) is 20.0 Å². The summed E-state index contributed by atoms with van der Waals surface area (Å²) in [4.78, 5) is 6.40. The lowest BCUT2D eigenvalue weighted by Gasteiger charge is -2.21. The lowest BCUT2D eigenvalue weighted by atomic mass is 10.2. The summed E-state index contributed by atoms with van der Waals surface area (Å²) in [5.41, 5.74) is 0. The molecule has 1 fully saturated rings. The Morgan fingerprint density at radius 2 is 2.19 bits per heavy atom. The van der Waals surface area contributed by atoms with Crippen LogP contribution in [0.1, 0.15) is 0 Å². The van der Waals surface area contributed by atoms with Gasteiger partial charge in [0.25, 0.3) is 10.0 Å². The molecule has 1 aliphatic heterocycles. The molecule has 0 radical (unpaired) electrons. The number of thiazole rings is 1. The van der Waals surface area contributed by atoms with Crippen molar-refractivity contribution in [3.05, 3.63) is 16.7 Å². The predicted octanol–water partition coefficient (Wildman–Crippen LogP) is 0.345. The maximum Gasteiger partial charge on any atom is 0.262 e. The highest BCUT2D eigenvalue weighted by Gasteiger charge is 2.41. The second-order valence-electron chi connectivity index (χ2n) is 5.18. The molecule has 2 atom stereocenters. The fraction of sp³-hybridized carbons (Fsp3) is 0.545. The number of likely N-dealkylation sites (N-methyl/N-ethyl adjacent to an activating group) is 1. The normalized spacial score (nSPS) is 24.4. The van der Waals surface area contributed by atoms with Crippen molar-refractivity contribution < 1.29 is 13.5 Å². The molecule has 116 valence electrons. The van der Waals surface area contributed by atoms with Gasteiger partial charge in [0.1, 0.15) is 0 Å². The fourth-order valence-corrected chi connectivity index (χ4v) is 5.41. The van der Waals surface area contributed by atoms with Gasteiger partial charge < -0.3 is 10.0 Å². The third kappa shape index (κ3) is 2.37. The number of aliphatic hydroxyl groups excluding tert-OH is 1. The third-order valence-corrected chi connectivity index (χ3v) is 6.64. The van der Waals surface area contributed by atoms with Gasteiger partial charge in [-0.25, -0.2) is 13.4 Å². The van der Waals surface area contributed by atoms with E-state index in [0.29, 0.717) is 4.96 Å². The van der Waals surface area contributed by atoms with Gasteiger partial charge in [-0.15, -0.1) is 11.3 Å². The molecule has 0 amide bonds. The number of hydrogen-bond acceptors (Lipinski definition) is 6. The maximum absolute atomic E-state index is 12.8. The van der Waals surface area contributed by atoms with Crippen molar-refractivity contribution in [3.63, 3.8) is 0 Å². The summed E-state index contributed by atoms with van der Waals surface area (Å²) in [6.45, 7) is 0.281. The minimum absolute atomic E-state index is 0.0352. The molecule has 0 aliphatic carbocycles. The molecule has 0 spiro atoms. The van der Waals surface area contributed by atoms with Crippen LogP contribution in [0.4, 0.5) is 0 Å². The zero-order valence-electron chi connectivity index (χ0n) is 11.5. The van der Waals surface area contributed by atoms with Crippen molar-refractivity contribution in [3.8, 4) is 0 Å². The van der Waals surface area contributed by atoms with E-state index in [2.05, 4.69) is 4.98 Å². The summed E-state index contributed by atoms with van der Waals surface area (Å²) in [6.07, 6.45) is 0.904. The highest BCUT2D eigenvalue weighted by atomic mass is 35.5. The van der Waals surface area contributed by atoms with Gasteiger partial charge in [-0.05, 0) is 14.1 Å². The van der Waals surface area contributed by atoms with Crippen molar-refractivity contribution >= 4 is 37.9 Å². The number of halogens is 1. The number of aliphatic hydroxyl groups is 1. The van der Waals surface area contributed by atoms with Gasteiger partial charge >= 0.3 is 0 Å². The number of β-amino-alcohol motifs (C(OH)–C–C–N with tert-alkyl or cyclic N) is 1. The highest BCUT2D eigenvalue weighted by Crippen LogP contribution is 2.30. The van der Waals surface area contributed by atoms with Gasteiger partial charge in [-0.3, -0.25) is 4.40 Å². The first-order chi connectivity index (χ1) is 9.82. The van der Waals surface area contributed by atoms with E-state index in [9.17, 15) is 13.5 Å². The number of rotatable bonds is 3. The monoisotopic (exact) mass is 350 g/mol. The summed E-state index contributed by atoms with van der Waals surface area (Å²) >= 11 is 7.32. The molecule has 7 nitrogen and oxygen atoms in total. The molecule has 0 bridgehead atoms. The summed E-state index contributed by atoms with van der Waals surface area (Å²) in [5, 5.41) is 11.7. The van der Waals surface area contributed by atoms with Crippen LogP contribution < -0.4 is 0 Å². The number of imidazole rings is 1. The number of aromatic nitrogens is 2. The average molecular weight is 351 g/mol. The summed E-state index contributed by atoms with van der Waals surface area (Å²) in [7, 11) is -0.175. The predicted molar refractivity (Wildman–Crippen MR) is 80.3 cm³/mol. The van der Waals surface area contributed by atoms with Crippen LogP contribution in [0.15, 0.2) is 16.6 Å². The molecule has 2 aromatic heterocycles. The van der Waals surface area contributed by atoms with Crippen LogP contribution in [0.5, 0.6) is 0 Å². The number of sulfonamides is 1. The van der Waals surface area contributed by atoms with Gasteiger partial charge in [-0.2, -0.15) is 4.31 Å². The minimum atomic E-state index is -3.80. The zero-order valence-corrected chi connectivity index (χ0v) is 13.9. The van der Waals surface area contributed by atoms with Crippen LogP contribution in [0, 0.1) is 0 Å². The molecular formula is C11H15ClN4O3S2. The molecule has 1 N–H and O–H groups in total. The Balaban J connectivity index is 2.02. The van der Waals surface area contributed by atoms with Gasteiger partial charge in [0.05, 0.1) is 12.1 Å². The second-order valence-corrected chi connectivity index (χ2v) is 8.27. The Hall–Kier alpha value is -0.710. The van der Waals surface area contributed by atoms with Crippen LogP contribution in [0.25, 0.3) is 4.96 Å². The smallest absolute Gasteiger partial charge is 0.262 e. The summed E-state index contributed by atoms with van der Waals surface area (Å²) < 4.78 is 28.3. The molecular weight excluding hydrogens is 336 g/mol. The van der Waals surface area contributed by atoms with E-state index in [-0.39, 0.29) is 29.3 Å². The van der Waals surface area contributed by atoms with E-state index in [0.717, 1.165) is 0 Å². The lowest BCUT2D eigenvalue weighted by Crippen LogP contribution is -2.38. The Morgan fingerprint density at radius 3 is 2.81 bits per heavy atom. The molecule has 0 aromatic carbocycles. The van der Waals surface area contributed by atoms with Gasteiger partial charge in [0.2, 0.25) is 0 Å². The maximum atomic E-state index is 12.8. The zero-order chi connectivity index (χ0) is 15.4. The topological polar surface area (TPSA) is 78.2 Å². The molecule has 0 saturated carbocycles. The van der Waals surface area contributed by atoms with E-state index in [4.69, 9.17) is 11.6 Å².